The van der Waals surface area contributed by atoms with Crippen LogP contribution in [0.25, 0.3) is 0 Å². The standard InChI is InChI=1S/C14H22O5S/c1-4-17-14(18-5-2)9-10-19-12-7-6-8-13(11-12)20(3,15)16/h6-8,11,14H,4-5,9-10H2,1-3H3. The van der Waals surface area contributed by atoms with Crippen molar-refractivity contribution in [2.24, 2.45) is 0 Å². The van der Waals surface area contributed by atoms with E-state index in [2.05, 4.69) is 0 Å². The Bertz CT molecular complexity index is 492. The lowest BCUT2D eigenvalue weighted by Crippen LogP contribution is -2.20. The number of sulfone groups is 1. The van der Waals surface area contributed by atoms with Gasteiger partial charge in [-0.3, -0.25) is 0 Å². The molecule has 114 valence electrons. The molecule has 20 heavy (non-hydrogen) atoms. The number of hydrogen-bond acceptors (Lipinski definition) is 5. The van der Waals surface area contributed by atoms with Crippen molar-refractivity contribution in [2.75, 3.05) is 26.1 Å². The molecule has 1 rings (SSSR count). The minimum atomic E-state index is -3.21. The summed E-state index contributed by atoms with van der Waals surface area (Å²) in [4.78, 5) is 0.251. The van der Waals surface area contributed by atoms with Crippen LogP contribution in [0.5, 0.6) is 5.75 Å². The molecule has 1 aromatic carbocycles. The lowest BCUT2D eigenvalue weighted by atomic mass is 10.3. The highest BCUT2D eigenvalue weighted by atomic mass is 32.2. The van der Waals surface area contributed by atoms with Gasteiger partial charge in [0.2, 0.25) is 0 Å². The molecule has 0 aromatic heterocycles. The van der Waals surface area contributed by atoms with Crippen LogP contribution in [0.4, 0.5) is 0 Å². The number of benzene rings is 1. The number of ether oxygens (including phenoxy) is 3. The zero-order chi connectivity index (χ0) is 15.0. The third-order valence-electron chi connectivity index (χ3n) is 2.56. The first-order chi connectivity index (χ1) is 9.47. The van der Waals surface area contributed by atoms with Crippen LogP contribution in [0.3, 0.4) is 0 Å². The summed E-state index contributed by atoms with van der Waals surface area (Å²) in [6.45, 7) is 5.37. The van der Waals surface area contributed by atoms with Crippen LogP contribution >= 0.6 is 0 Å². The summed E-state index contributed by atoms with van der Waals surface area (Å²) in [6.07, 6.45) is 1.47. The molecular formula is C14H22O5S. The van der Waals surface area contributed by atoms with Crippen molar-refractivity contribution in [3.63, 3.8) is 0 Å². The zero-order valence-corrected chi connectivity index (χ0v) is 13.0. The molecule has 5 nitrogen and oxygen atoms in total. The average Bonchev–Trinajstić information content (AvgIpc) is 2.38. The van der Waals surface area contributed by atoms with Crippen molar-refractivity contribution in [1.82, 2.24) is 0 Å². The summed E-state index contributed by atoms with van der Waals surface area (Å²) in [5.74, 6) is 0.527. The van der Waals surface area contributed by atoms with Gasteiger partial charge in [0.05, 0.1) is 11.5 Å². The Kier molecular flexibility index (Phi) is 6.98. The third kappa shape index (κ3) is 5.90. The number of rotatable bonds is 9. The van der Waals surface area contributed by atoms with Crippen LogP contribution in [0.2, 0.25) is 0 Å². The SMILES string of the molecule is CCOC(CCOc1cccc(S(C)(=O)=O)c1)OCC. The molecule has 6 heteroatoms. The van der Waals surface area contributed by atoms with E-state index in [9.17, 15) is 8.42 Å². The highest BCUT2D eigenvalue weighted by molar-refractivity contribution is 7.90. The van der Waals surface area contributed by atoms with E-state index in [1.807, 2.05) is 13.8 Å². The molecule has 0 spiro atoms. The quantitative estimate of drug-likeness (QED) is 0.655. The molecule has 0 radical (unpaired) electrons. The van der Waals surface area contributed by atoms with Gasteiger partial charge in [-0.1, -0.05) is 6.07 Å². The fourth-order valence-corrected chi connectivity index (χ4v) is 2.31. The summed E-state index contributed by atoms with van der Waals surface area (Å²) in [5, 5.41) is 0. The van der Waals surface area contributed by atoms with Gasteiger partial charge in [-0.05, 0) is 32.0 Å². The monoisotopic (exact) mass is 302 g/mol. The molecule has 0 heterocycles. The van der Waals surface area contributed by atoms with E-state index in [1.54, 1.807) is 18.2 Å². The minimum Gasteiger partial charge on any atom is -0.493 e. The fraction of sp³-hybridized carbons (Fsp3) is 0.571. The van der Waals surface area contributed by atoms with E-state index in [1.165, 1.54) is 12.3 Å². The van der Waals surface area contributed by atoms with Crippen molar-refractivity contribution in [1.29, 1.82) is 0 Å². The van der Waals surface area contributed by atoms with Gasteiger partial charge in [-0.25, -0.2) is 8.42 Å². The molecule has 0 bridgehead atoms. The van der Waals surface area contributed by atoms with Gasteiger partial charge in [0.1, 0.15) is 5.75 Å². The van der Waals surface area contributed by atoms with Gasteiger partial charge in [-0.2, -0.15) is 0 Å². The second kappa shape index (κ2) is 8.24. The maximum absolute atomic E-state index is 11.4. The Morgan fingerprint density at radius 3 is 2.35 bits per heavy atom. The summed E-state index contributed by atoms with van der Waals surface area (Å²) in [7, 11) is -3.21. The Labute approximate surface area is 120 Å². The Morgan fingerprint density at radius 2 is 1.80 bits per heavy atom. The summed E-state index contributed by atoms with van der Waals surface area (Å²) in [5.41, 5.74) is 0. The largest absolute Gasteiger partial charge is 0.493 e. The highest BCUT2D eigenvalue weighted by Gasteiger charge is 2.10. The van der Waals surface area contributed by atoms with Gasteiger partial charge in [0.15, 0.2) is 16.1 Å². The second-order valence-corrected chi connectivity index (χ2v) is 6.24. The summed E-state index contributed by atoms with van der Waals surface area (Å²) >= 11 is 0. The summed E-state index contributed by atoms with van der Waals surface area (Å²) in [6, 6.07) is 6.45. The zero-order valence-electron chi connectivity index (χ0n) is 12.2. The fourth-order valence-electron chi connectivity index (χ4n) is 1.65. The first-order valence-electron chi connectivity index (χ1n) is 6.63. The van der Waals surface area contributed by atoms with Crippen LogP contribution in [-0.2, 0) is 19.3 Å². The third-order valence-corrected chi connectivity index (χ3v) is 3.67. The Balaban J connectivity index is 2.53. The van der Waals surface area contributed by atoms with Gasteiger partial charge in [0.25, 0.3) is 0 Å². The average molecular weight is 302 g/mol. The molecule has 0 aliphatic heterocycles. The van der Waals surface area contributed by atoms with Crippen LogP contribution in [0, 0.1) is 0 Å². The molecule has 0 atom stereocenters. The van der Waals surface area contributed by atoms with Gasteiger partial charge >= 0.3 is 0 Å². The van der Waals surface area contributed by atoms with Crippen LogP contribution in [0.15, 0.2) is 29.2 Å². The van der Waals surface area contributed by atoms with Crippen molar-refractivity contribution >= 4 is 9.84 Å². The minimum absolute atomic E-state index is 0.251. The van der Waals surface area contributed by atoms with Crippen LogP contribution in [0.1, 0.15) is 20.3 Å². The Morgan fingerprint density at radius 1 is 1.15 bits per heavy atom. The predicted octanol–water partition coefficient (Wildman–Crippen LogP) is 2.26. The normalized spacial score (nSPS) is 11.8. The number of hydrogen-bond donors (Lipinski definition) is 0. The summed E-state index contributed by atoms with van der Waals surface area (Å²) < 4.78 is 39.2. The molecule has 0 amide bonds. The van der Waals surface area contributed by atoms with E-state index in [0.29, 0.717) is 32.0 Å². The Hall–Kier alpha value is -1.11. The molecule has 0 saturated heterocycles. The molecule has 0 saturated carbocycles. The maximum atomic E-state index is 11.4. The topological polar surface area (TPSA) is 61.8 Å². The van der Waals surface area contributed by atoms with Crippen molar-refractivity contribution in [3.8, 4) is 5.75 Å². The molecule has 1 aromatic rings. The van der Waals surface area contributed by atoms with Crippen LogP contribution < -0.4 is 4.74 Å². The van der Waals surface area contributed by atoms with E-state index >= 15 is 0 Å². The highest BCUT2D eigenvalue weighted by Crippen LogP contribution is 2.17. The molecule has 0 unspecified atom stereocenters. The van der Waals surface area contributed by atoms with Gasteiger partial charge < -0.3 is 14.2 Å². The van der Waals surface area contributed by atoms with Crippen molar-refractivity contribution < 1.29 is 22.6 Å². The predicted molar refractivity (Wildman–Crippen MR) is 76.7 cm³/mol. The second-order valence-electron chi connectivity index (χ2n) is 4.22. The van der Waals surface area contributed by atoms with Crippen LogP contribution in [-0.4, -0.2) is 40.8 Å². The molecule has 0 N–H and O–H groups in total. The van der Waals surface area contributed by atoms with Gasteiger partial charge in [-0.15, -0.1) is 0 Å². The van der Waals surface area contributed by atoms with E-state index in [0.717, 1.165) is 0 Å². The lowest BCUT2D eigenvalue weighted by Gasteiger charge is -2.17. The van der Waals surface area contributed by atoms with Gasteiger partial charge in [0, 0.05) is 25.9 Å². The lowest BCUT2D eigenvalue weighted by molar-refractivity contribution is -0.142. The molecule has 0 aliphatic carbocycles. The molecule has 0 aliphatic rings. The van der Waals surface area contributed by atoms with E-state index < -0.39 is 9.84 Å². The van der Waals surface area contributed by atoms with E-state index in [-0.39, 0.29) is 11.2 Å². The first kappa shape index (κ1) is 16.9. The van der Waals surface area contributed by atoms with E-state index in [4.69, 9.17) is 14.2 Å². The molecular weight excluding hydrogens is 280 g/mol. The smallest absolute Gasteiger partial charge is 0.175 e. The molecule has 0 fully saturated rings. The van der Waals surface area contributed by atoms with Crippen molar-refractivity contribution in [3.05, 3.63) is 24.3 Å². The maximum Gasteiger partial charge on any atom is 0.175 e. The van der Waals surface area contributed by atoms with Crippen molar-refractivity contribution in [2.45, 2.75) is 31.5 Å². The first-order valence-corrected chi connectivity index (χ1v) is 8.52.